The number of carboxylic acids is 1. The van der Waals surface area contributed by atoms with Crippen molar-refractivity contribution in [3.8, 4) is 0 Å². The minimum absolute atomic E-state index is 0.0765. The summed E-state index contributed by atoms with van der Waals surface area (Å²) < 4.78 is 10.2. The minimum atomic E-state index is -1.21. The van der Waals surface area contributed by atoms with Crippen molar-refractivity contribution >= 4 is 5.97 Å². The van der Waals surface area contributed by atoms with Crippen molar-refractivity contribution in [2.24, 2.45) is 0 Å². The van der Waals surface area contributed by atoms with E-state index in [2.05, 4.69) is 0 Å². The van der Waals surface area contributed by atoms with Crippen molar-refractivity contribution in [3.05, 3.63) is 0 Å². The van der Waals surface area contributed by atoms with Gasteiger partial charge in [0, 0.05) is 18.8 Å². The van der Waals surface area contributed by atoms with Gasteiger partial charge in [-0.25, -0.2) is 0 Å². The Bertz CT molecular complexity index is 219. The second kappa shape index (κ2) is 5.41. The number of rotatable bonds is 4. The van der Waals surface area contributed by atoms with Crippen LogP contribution in [0.1, 0.15) is 19.8 Å². The van der Waals surface area contributed by atoms with E-state index in [1.165, 1.54) is 0 Å². The minimum Gasteiger partial charge on any atom is -0.550 e. The first-order chi connectivity index (χ1) is 7.00. The lowest BCUT2D eigenvalue weighted by Crippen LogP contribution is -2.47. The summed E-state index contributed by atoms with van der Waals surface area (Å²) in [5.41, 5.74) is 0. The predicted octanol–water partition coefficient (Wildman–Crippen LogP) is -2.00. The van der Waals surface area contributed by atoms with Gasteiger partial charge in [-0.2, -0.15) is 0 Å². The van der Waals surface area contributed by atoms with E-state index in [9.17, 15) is 20.1 Å². The third kappa shape index (κ3) is 3.75. The Morgan fingerprint density at radius 1 is 1.53 bits per heavy atom. The smallest absolute Gasteiger partial charge is 0.183 e. The standard InChI is InChI=1S/C9H16O6/c1-5-6(10)4-7(11)9(15-5)14-3-2-8(12)13/h5-7,9-11H,2-4H2,1H3,(H,12,13)/p-1/t5-,6+,7+,9+/m0/s1. The van der Waals surface area contributed by atoms with Crippen LogP contribution < -0.4 is 5.11 Å². The Morgan fingerprint density at radius 3 is 2.80 bits per heavy atom. The summed E-state index contributed by atoms with van der Waals surface area (Å²) in [6, 6.07) is 0. The average Bonchev–Trinajstić information content (AvgIpc) is 2.13. The van der Waals surface area contributed by atoms with Gasteiger partial charge in [0.15, 0.2) is 6.29 Å². The zero-order valence-corrected chi connectivity index (χ0v) is 8.46. The molecule has 0 spiro atoms. The van der Waals surface area contributed by atoms with Gasteiger partial charge in [-0.15, -0.1) is 0 Å². The molecular weight excluding hydrogens is 204 g/mol. The van der Waals surface area contributed by atoms with E-state index >= 15 is 0 Å². The lowest BCUT2D eigenvalue weighted by molar-refractivity contribution is -0.309. The molecule has 1 rings (SSSR count). The van der Waals surface area contributed by atoms with Gasteiger partial charge in [0.2, 0.25) is 0 Å². The molecule has 0 saturated carbocycles. The molecule has 15 heavy (non-hydrogen) atoms. The molecular formula is C9H15O6-. The Balaban J connectivity index is 2.31. The zero-order valence-electron chi connectivity index (χ0n) is 8.46. The number of aliphatic carboxylic acids is 1. The van der Waals surface area contributed by atoms with Crippen LogP contribution >= 0.6 is 0 Å². The number of hydrogen-bond acceptors (Lipinski definition) is 6. The largest absolute Gasteiger partial charge is 0.550 e. The van der Waals surface area contributed by atoms with Crippen LogP contribution in [0, 0.1) is 0 Å². The summed E-state index contributed by atoms with van der Waals surface area (Å²) >= 11 is 0. The Kier molecular flexibility index (Phi) is 4.46. The van der Waals surface area contributed by atoms with Gasteiger partial charge >= 0.3 is 0 Å². The molecule has 0 aromatic rings. The van der Waals surface area contributed by atoms with Crippen LogP contribution in [0.25, 0.3) is 0 Å². The van der Waals surface area contributed by atoms with Gasteiger partial charge in [-0.3, -0.25) is 0 Å². The SMILES string of the molecule is C[C@@H]1O[C@@H](OCCC(=O)[O-])[C@H](O)C[C@H]1O. The van der Waals surface area contributed by atoms with Crippen molar-refractivity contribution in [2.75, 3.05) is 6.61 Å². The molecule has 6 nitrogen and oxygen atoms in total. The molecule has 0 aromatic heterocycles. The van der Waals surface area contributed by atoms with E-state index in [1.807, 2.05) is 0 Å². The third-order valence-electron chi connectivity index (χ3n) is 2.28. The van der Waals surface area contributed by atoms with Gasteiger partial charge < -0.3 is 29.6 Å². The molecule has 4 atom stereocenters. The van der Waals surface area contributed by atoms with Crippen LogP contribution in [0.2, 0.25) is 0 Å². The summed E-state index contributed by atoms with van der Waals surface area (Å²) in [4.78, 5) is 10.1. The van der Waals surface area contributed by atoms with Crippen LogP contribution in [0.15, 0.2) is 0 Å². The summed E-state index contributed by atoms with van der Waals surface area (Å²) in [5.74, 6) is -1.21. The Hall–Kier alpha value is -0.690. The molecule has 1 fully saturated rings. The fourth-order valence-corrected chi connectivity index (χ4v) is 1.35. The van der Waals surface area contributed by atoms with Crippen molar-refractivity contribution in [3.63, 3.8) is 0 Å². The number of ether oxygens (including phenoxy) is 2. The first-order valence-corrected chi connectivity index (χ1v) is 4.83. The molecule has 0 radical (unpaired) electrons. The summed E-state index contributed by atoms with van der Waals surface area (Å²) in [6.07, 6.45) is -3.04. The number of carboxylic acid groups (broad SMARTS) is 1. The number of hydrogen-bond donors (Lipinski definition) is 2. The highest BCUT2D eigenvalue weighted by atomic mass is 16.7. The third-order valence-corrected chi connectivity index (χ3v) is 2.28. The molecule has 1 saturated heterocycles. The maximum Gasteiger partial charge on any atom is 0.183 e. The fraction of sp³-hybridized carbons (Fsp3) is 0.889. The van der Waals surface area contributed by atoms with E-state index < -0.39 is 30.6 Å². The molecule has 2 N–H and O–H groups in total. The highest BCUT2D eigenvalue weighted by Gasteiger charge is 2.34. The van der Waals surface area contributed by atoms with Crippen LogP contribution in [-0.2, 0) is 14.3 Å². The number of aliphatic hydroxyl groups excluding tert-OH is 2. The lowest BCUT2D eigenvalue weighted by Gasteiger charge is -2.35. The number of aliphatic hydroxyl groups is 2. The van der Waals surface area contributed by atoms with Crippen LogP contribution in [0.3, 0.4) is 0 Å². The lowest BCUT2D eigenvalue weighted by atomic mass is 10.0. The van der Waals surface area contributed by atoms with E-state index in [-0.39, 0.29) is 19.4 Å². The monoisotopic (exact) mass is 219 g/mol. The number of carbonyl (C=O) groups excluding carboxylic acids is 1. The van der Waals surface area contributed by atoms with E-state index in [0.29, 0.717) is 0 Å². The van der Waals surface area contributed by atoms with Gasteiger partial charge in [0.25, 0.3) is 0 Å². The second-order valence-corrected chi connectivity index (χ2v) is 3.57. The highest BCUT2D eigenvalue weighted by Crippen LogP contribution is 2.20. The Labute approximate surface area is 87.4 Å². The number of carbonyl (C=O) groups is 1. The molecule has 88 valence electrons. The van der Waals surface area contributed by atoms with Gasteiger partial charge in [-0.05, 0) is 6.92 Å². The molecule has 0 aliphatic carbocycles. The first kappa shape index (κ1) is 12.4. The molecule has 1 heterocycles. The van der Waals surface area contributed by atoms with E-state index in [1.54, 1.807) is 6.92 Å². The van der Waals surface area contributed by atoms with Crippen molar-refractivity contribution in [2.45, 2.75) is 44.4 Å². The summed E-state index contributed by atoms with van der Waals surface area (Å²) in [7, 11) is 0. The van der Waals surface area contributed by atoms with Crippen LogP contribution in [0.4, 0.5) is 0 Å². The highest BCUT2D eigenvalue weighted by molar-refractivity contribution is 5.64. The van der Waals surface area contributed by atoms with Crippen LogP contribution in [0.5, 0.6) is 0 Å². The normalized spacial score (nSPS) is 36.5. The topological polar surface area (TPSA) is 99.1 Å². The fourth-order valence-electron chi connectivity index (χ4n) is 1.35. The predicted molar refractivity (Wildman–Crippen MR) is 46.5 cm³/mol. The van der Waals surface area contributed by atoms with Gasteiger partial charge in [-0.1, -0.05) is 0 Å². The molecule has 0 amide bonds. The maximum atomic E-state index is 10.1. The summed E-state index contributed by atoms with van der Waals surface area (Å²) in [5, 5.41) is 28.9. The second-order valence-electron chi connectivity index (χ2n) is 3.57. The summed E-state index contributed by atoms with van der Waals surface area (Å²) in [6.45, 7) is 1.58. The molecule has 0 bridgehead atoms. The van der Waals surface area contributed by atoms with Gasteiger partial charge in [0.1, 0.15) is 6.10 Å². The maximum absolute atomic E-state index is 10.1. The first-order valence-electron chi connectivity index (χ1n) is 4.83. The van der Waals surface area contributed by atoms with E-state index in [0.717, 1.165) is 0 Å². The quantitative estimate of drug-likeness (QED) is 0.567. The molecule has 1 aliphatic rings. The molecule has 0 aromatic carbocycles. The van der Waals surface area contributed by atoms with E-state index in [4.69, 9.17) is 9.47 Å². The van der Waals surface area contributed by atoms with Crippen LogP contribution in [-0.4, -0.2) is 47.4 Å². The zero-order chi connectivity index (χ0) is 11.4. The van der Waals surface area contributed by atoms with Crippen molar-refractivity contribution < 1.29 is 29.6 Å². The average molecular weight is 219 g/mol. The molecule has 1 aliphatic heterocycles. The Morgan fingerprint density at radius 2 is 2.20 bits per heavy atom. The molecule has 6 heteroatoms. The van der Waals surface area contributed by atoms with Gasteiger partial charge in [0.05, 0.1) is 18.8 Å². The van der Waals surface area contributed by atoms with Crippen molar-refractivity contribution in [1.82, 2.24) is 0 Å². The van der Waals surface area contributed by atoms with Crippen molar-refractivity contribution in [1.29, 1.82) is 0 Å². The molecule has 0 unspecified atom stereocenters.